The van der Waals surface area contributed by atoms with Crippen molar-refractivity contribution >= 4 is 5.52 Å². The van der Waals surface area contributed by atoms with Gasteiger partial charge in [0.1, 0.15) is 11.6 Å². The maximum atomic E-state index is 5.50. The van der Waals surface area contributed by atoms with Gasteiger partial charge in [-0.25, -0.2) is 4.98 Å². The molecule has 0 aliphatic carbocycles. The summed E-state index contributed by atoms with van der Waals surface area (Å²) < 4.78 is 7.58. The zero-order valence-electron chi connectivity index (χ0n) is 11.3. The molecular formula is C16H16N2O. The topological polar surface area (TPSA) is 26.5 Å². The summed E-state index contributed by atoms with van der Waals surface area (Å²) in [4.78, 5) is 4.53. The second-order valence-corrected chi connectivity index (χ2v) is 4.71. The van der Waals surface area contributed by atoms with Crippen LogP contribution in [0.3, 0.4) is 0 Å². The Morgan fingerprint density at radius 3 is 2.68 bits per heavy atom. The van der Waals surface area contributed by atoms with Crippen LogP contribution in [-0.4, -0.2) is 16.5 Å². The first-order valence-corrected chi connectivity index (χ1v) is 6.28. The van der Waals surface area contributed by atoms with Gasteiger partial charge in [0.25, 0.3) is 0 Å². The van der Waals surface area contributed by atoms with Crippen LogP contribution in [0.15, 0.2) is 42.7 Å². The summed E-state index contributed by atoms with van der Waals surface area (Å²) in [7, 11) is 1.70. The van der Waals surface area contributed by atoms with Gasteiger partial charge in [0.2, 0.25) is 0 Å². The number of ether oxygens (including phenoxy) is 1. The zero-order chi connectivity index (χ0) is 13.4. The van der Waals surface area contributed by atoms with E-state index in [4.69, 9.17) is 4.74 Å². The highest BCUT2D eigenvalue weighted by atomic mass is 16.5. The molecule has 0 fully saturated rings. The minimum Gasteiger partial charge on any atom is -0.496 e. The van der Waals surface area contributed by atoms with E-state index in [2.05, 4.69) is 35.4 Å². The van der Waals surface area contributed by atoms with Crippen LogP contribution in [0.25, 0.3) is 16.9 Å². The van der Waals surface area contributed by atoms with Crippen LogP contribution in [0.2, 0.25) is 0 Å². The average Bonchev–Trinajstić information content (AvgIpc) is 2.85. The smallest absolute Gasteiger partial charge is 0.148 e. The van der Waals surface area contributed by atoms with Crippen LogP contribution in [-0.2, 0) is 0 Å². The standard InChI is InChI=1S/C16H16N2O/c1-11-8-14(15(19-3)9-12(11)2)16-17-10-13-6-4-5-7-18(13)16/h4-10H,1-3H3. The van der Waals surface area contributed by atoms with E-state index in [0.717, 1.165) is 22.7 Å². The van der Waals surface area contributed by atoms with Crippen LogP contribution < -0.4 is 4.74 Å². The molecule has 0 N–H and O–H groups in total. The summed E-state index contributed by atoms with van der Waals surface area (Å²) in [5.41, 5.74) is 4.57. The van der Waals surface area contributed by atoms with E-state index in [0.29, 0.717) is 0 Å². The van der Waals surface area contributed by atoms with Crippen molar-refractivity contribution in [2.24, 2.45) is 0 Å². The molecule has 0 unspecified atom stereocenters. The lowest BCUT2D eigenvalue weighted by Crippen LogP contribution is -1.95. The van der Waals surface area contributed by atoms with Gasteiger partial charge < -0.3 is 4.74 Å². The predicted molar refractivity (Wildman–Crippen MR) is 76.7 cm³/mol. The van der Waals surface area contributed by atoms with Crippen LogP contribution in [0.5, 0.6) is 5.75 Å². The normalized spacial score (nSPS) is 10.9. The Labute approximate surface area is 112 Å². The number of nitrogens with zero attached hydrogens (tertiary/aromatic N) is 2. The summed E-state index contributed by atoms with van der Waals surface area (Å²) in [6.07, 6.45) is 3.90. The van der Waals surface area contributed by atoms with Crippen molar-refractivity contribution in [3.05, 3.63) is 53.9 Å². The summed E-state index contributed by atoms with van der Waals surface area (Å²) in [6.45, 7) is 4.19. The number of fused-ring (bicyclic) bond motifs is 1. The van der Waals surface area contributed by atoms with Crippen LogP contribution in [0.4, 0.5) is 0 Å². The monoisotopic (exact) mass is 252 g/mol. The SMILES string of the molecule is COc1cc(C)c(C)cc1-c1ncc2ccccn12. The largest absolute Gasteiger partial charge is 0.496 e. The zero-order valence-corrected chi connectivity index (χ0v) is 11.3. The molecule has 96 valence electrons. The Kier molecular flexibility index (Phi) is 2.75. The first kappa shape index (κ1) is 11.8. The van der Waals surface area contributed by atoms with Gasteiger partial charge in [-0.05, 0) is 49.2 Å². The van der Waals surface area contributed by atoms with Crippen molar-refractivity contribution in [3.63, 3.8) is 0 Å². The molecule has 0 saturated heterocycles. The van der Waals surface area contributed by atoms with E-state index in [9.17, 15) is 0 Å². The molecule has 0 atom stereocenters. The number of benzene rings is 1. The number of pyridine rings is 1. The molecule has 0 spiro atoms. The molecule has 3 heteroatoms. The van der Waals surface area contributed by atoms with E-state index in [-0.39, 0.29) is 0 Å². The van der Waals surface area contributed by atoms with Crippen LogP contribution in [0, 0.1) is 13.8 Å². The van der Waals surface area contributed by atoms with E-state index < -0.39 is 0 Å². The van der Waals surface area contributed by atoms with Gasteiger partial charge >= 0.3 is 0 Å². The quantitative estimate of drug-likeness (QED) is 0.696. The Morgan fingerprint density at radius 1 is 1.11 bits per heavy atom. The van der Waals surface area contributed by atoms with Crippen molar-refractivity contribution in [1.29, 1.82) is 0 Å². The first-order valence-electron chi connectivity index (χ1n) is 6.28. The Balaban J connectivity index is 2.29. The number of hydrogen-bond donors (Lipinski definition) is 0. The summed E-state index contributed by atoms with van der Waals surface area (Å²) in [6, 6.07) is 10.3. The molecule has 2 heterocycles. The van der Waals surface area contributed by atoms with E-state index in [1.165, 1.54) is 11.1 Å². The lowest BCUT2D eigenvalue weighted by atomic mass is 10.0. The molecule has 0 bridgehead atoms. The molecule has 0 saturated carbocycles. The molecule has 0 aliphatic heterocycles. The number of aryl methyl sites for hydroxylation is 2. The van der Waals surface area contributed by atoms with Crippen LogP contribution >= 0.6 is 0 Å². The second kappa shape index (κ2) is 4.43. The van der Waals surface area contributed by atoms with Crippen molar-refractivity contribution in [2.45, 2.75) is 13.8 Å². The summed E-state index contributed by atoms with van der Waals surface area (Å²) in [5.74, 6) is 1.77. The highest BCUT2D eigenvalue weighted by Crippen LogP contribution is 2.32. The van der Waals surface area contributed by atoms with E-state index >= 15 is 0 Å². The minimum atomic E-state index is 0.861. The van der Waals surface area contributed by atoms with E-state index in [1.54, 1.807) is 7.11 Å². The minimum absolute atomic E-state index is 0.861. The van der Waals surface area contributed by atoms with Crippen molar-refractivity contribution in [2.75, 3.05) is 7.11 Å². The van der Waals surface area contributed by atoms with Gasteiger partial charge in [0, 0.05) is 6.20 Å². The van der Waals surface area contributed by atoms with Crippen molar-refractivity contribution in [3.8, 4) is 17.1 Å². The molecule has 3 nitrogen and oxygen atoms in total. The van der Waals surface area contributed by atoms with Gasteiger partial charge in [-0.1, -0.05) is 6.07 Å². The number of methoxy groups -OCH3 is 1. The maximum absolute atomic E-state index is 5.50. The molecule has 1 aromatic carbocycles. The Hall–Kier alpha value is -2.29. The fourth-order valence-electron chi connectivity index (χ4n) is 2.28. The third kappa shape index (κ3) is 1.87. The van der Waals surface area contributed by atoms with Gasteiger partial charge in [0.15, 0.2) is 0 Å². The van der Waals surface area contributed by atoms with Gasteiger partial charge in [-0.2, -0.15) is 0 Å². The fourth-order valence-corrected chi connectivity index (χ4v) is 2.28. The molecule has 3 rings (SSSR count). The van der Waals surface area contributed by atoms with Crippen molar-refractivity contribution < 1.29 is 4.74 Å². The summed E-state index contributed by atoms with van der Waals surface area (Å²) >= 11 is 0. The number of imidazole rings is 1. The average molecular weight is 252 g/mol. The highest BCUT2D eigenvalue weighted by Gasteiger charge is 2.13. The van der Waals surface area contributed by atoms with E-state index in [1.807, 2.05) is 30.6 Å². The lowest BCUT2D eigenvalue weighted by molar-refractivity contribution is 0.415. The molecule has 3 aromatic rings. The third-order valence-electron chi connectivity index (χ3n) is 3.50. The first-order chi connectivity index (χ1) is 9.20. The lowest BCUT2D eigenvalue weighted by Gasteiger charge is -2.11. The third-order valence-corrected chi connectivity index (χ3v) is 3.50. The number of hydrogen-bond acceptors (Lipinski definition) is 2. The van der Waals surface area contributed by atoms with Crippen molar-refractivity contribution in [1.82, 2.24) is 9.38 Å². The molecule has 2 aromatic heterocycles. The van der Waals surface area contributed by atoms with Gasteiger partial charge in [0.05, 0.1) is 24.4 Å². The summed E-state index contributed by atoms with van der Waals surface area (Å²) in [5, 5.41) is 0. The van der Waals surface area contributed by atoms with Gasteiger partial charge in [-0.3, -0.25) is 4.40 Å². The Morgan fingerprint density at radius 2 is 1.89 bits per heavy atom. The molecule has 0 radical (unpaired) electrons. The Bertz CT molecular complexity index is 744. The van der Waals surface area contributed by atoms with Gasteiger partial charge in [-0.15, -0.1) is 0 Å². The molecule has 0 amide bonds. The van der Waals surface area contributed by atoms with Crippen LogP contribution in [0.1, 0.15) is 11.1 Å². The highest BCUT2D eigenvalue weighted by molar-refractivity contribution is 5.70. The molecular weight excluding hydrogens is 236 g/mol. The maximum Gasteiger partial charge on any atom is 0.148 e. The second-order valence-electron chi connectivity index (χ2n) is 4.71. The predicted octanol–water partition coefficient (Wildman–Crippen LogP) is 3.63. The number of aromatic nitrogens is 2. The molecule has 19 heavy (non-hydrogen) atoms. The fraction of sp³-hybridized carbons (Fsp3) is 0.188. The number of rotatable bonds is 2. The molecule has 0 aliphatic rings.